The van der Waals surface area contributed by atoms with Gasteiger partial charge in [0.2, 0.25) is 0 Å². The standard InChI is InChI=1S/C15H24N2/c1-4-13-10-17(11-13)15-9-7-6-8-14(15)12(3)16-5-2/h6-9,12-13,16H,4-5,10-11H2,1-3H3. The van der Waals surface area contributed by atoms with Gasteiger partial charge in [-0.3, -0.25) is 0 Å². The van der Waals surface area contributed by atoms with E-state index in [1.807, 2.05) is 0 Å². The van der Waals surface area contributed by atoms with Crippen LogP contribution in [-0.4, -0.2) is 19.6 Å². The molecule has 1 fully saturated rings. The number of benzene rings is 1. The molecule has 17 heavy (non-hydrogen) atoms. The second-order valence-corrected chi connectivity index (χ2v) is 5.02. The van der Waals surface area contributed by atoms with E-state index in [0.29, 0.717) is 6.04 Å². The Morgan fingerprint density at radius 3 is 2.65 bits per heavy atom. The molecule has 2 heteroatoms. The molecule has 0 aromatic heterocycles. The van der Waals surface area contributed by atoms with E-state index >= 15 is 0 Å². The van der Waals surface area contributed by atoms with Gasteiger partial charge in [0.05, 0.1) is 0 Å². The Morgan fingerprint density at radius 1 is 1.29 bits per heavy atom. The molecule has 1 saturated heterocycles. The van der Waals surface area contributed by atoms with Crippen molar-refractivity contribution in [3.63, 3.8) is 0 Å². The SMILES string of the molecule is CCNC(C)c1ccccc1N1CC(CC)C1. The number of hydrogen-bond donors (Lipinski definition) is 1. The van der Waals surface area contributed by atoms with Crippen LogP contribution in [0.5, 0.6) is 0 Å². The summed E-state index contributed by atoms with van der Waals surface area (Å²) < 4.78 is 0. The molecule has 0 radical (unpaired) electrons. The Balaban J connectivity index is 2.11. The van der Waals surface area contributed by atoms with E-state index in [-0.39, 0.29) is 0 Å². The zero-order chi connectivity index (χ0) is 12.3. The Morgan fingerprint density at radius 2 is 2.00 bits per heavy atom. The minimum atomic E-state index is 0.442. The van der Waals surface area contributed by atoms with Crippen LogP contribution in [0, 0.1) is 5.92 Å². The van der Waals surface area contributed by atoms with Gasteiger partial charge in [-0.25, -0.2) is 0 Å². The molecule has 1 atom stereocenters. The average molecular weight is 232 g/mol. The fraction of sp³-hybridized carbons (Fsp3) is 0.600. The van der Waals surface area contributed by atoms with E-state index in [0.717, 1.165) is 12.5 Å². The van der Waals surface area contributed by atoms with Crippen LogP contribution in [0.3, 0.4) is 0 Å². The van der Waals surface area contributed by atoms with Crippen molar-refractivity contribution >= 4 is 5.69 Å². The molecule has 0 amide bonds. The first kappa shape index (κ1) is 12.4. The molecule has 1 heterocycles. The zero-order valence-corrected chi connectivity index (χ0v) is 11.2. The van der Waals surface area contributed by atoms with Crippen LogP contribution in [0.15, 0.2) is 24.3 Å². The molecule has 1 unspecified atom stereocenters. The highest BCUT2D eigenvalue weighted by Gasteiger charge is 2.27. The maximum atomic E-state index is 3.50. The topological polar surface area (TPSA) is 15.3 Å². The summed E-state index contributed by atoms with van der Waals surface area (Å²) in [5.41, 5.74) is 2.86. The largest absolute Gasteiger partial charge is 0.371 e. The van der Waals surface area contributed by atoms with Crippen molar-refractivity contribution in [2.24, 2.45) is 5.92 Å². The maximum absolute atomic E-state index is 3.50. The number of anilines is 1. The zero-order valence-electron chi connectivity index (χ0n) is 11.2. The van der Waals surface area contributed by atoms with Crippen molar-refractivity contribution in [3.05, 3.63) is 29.8 Å². The van der Waals surface area contributed by atoms with Crippen LogP contribution in [0.1, 0.15) is 38.8 Å². The van der Waals surface area contributed by atoms with E-state index in [9.17, 15) is 0 Å². The van der Waals surface area contributed by atoms with Gasteiger partial charge in [-0.05, 0) is 37.4 Å². The van der Waals surface area contributed by atoms with Gasteiger partial charge >= 0.3 is 0 Å². The molecule has 1 aliphatic heterocycles. The second-order valence-electron chi connectivity index (χ2n) is 5.02. The van der Waals surface area contributed by atoms with Crippen LogP contribution in [-0.2, 0) is 0 Å². The van der Waals surface area contributed by atoms with Gasteiger partial charge in [-0.1, -0.05) is 32.0 Å². The van der Waals surface area contributed by atoms with E-state index in [1.54, 1.807) is 0 Å². The van der Waals surface area contributed by atoms with Crippen molar-refractivity contribution in [3.8, 4) is 0 Å². The summed E-state index contributed by atoms with van der Waals surface area (Å²) in [7, 11) is 0. The van der Waals surface area contributed by atoms with Crippen molar-refractivity contribution in [1.82, 2.24) is 5.32 Å². The van der Waals surface area contributed by atoms with Crippen LogP contribution in [0.2, 0.25) is 0 Å². The van der Waals surface area contributed by atoms with Crippen molar-refractivity contribution in [2.45, 2.75) is 33.2 Å². The van der Waals surface area contributed by atoms with Crippen molar-refractivity contribution in [2.75, 3.05) is 24.5 Å². The summed E-state index contributed by atoms with van der Waals surface area (Å²) in [6.07, 6.45) is 1.31. The van der Waals surface area contributed by atoms with Gasteiger partial charge in [-0.15, -0.1) is 0 Å². The fourth-order valence-electron chi connectivity index (χ4n) is 2.58. The van der Waals surface area contributed by atoms with Crippen molar-refractivity contribution < 1.29 is 0 Å². The van der Waals surface area contributed by atoms with Gasteiger partial charge < -0.3 is 10.2 Å². The smallest absolute Gasteiger partial charge is 0.0414 e. The lowest BCUT2D eigenvalue weighted by atomic mass is 9.94. The van der Waals surface area contributed by atoms with E-state index < -0.39 is 0 Å². The first-order valence-electron chi connectivity index (χ1n) is 6.83. The maximum Gasteiger partial charge on any atom is 0.0414 e. The predicted octanol–water partition coefficient (Wildman–Crippen LogP) is 3.20. The fourth-order valence-corrected chi connectivity index (χ4v) is 2.58. The number of nitrogens with zero attached hydrogens (tertiary/aromatic N) is 1. The highest BCUT2D eigenvalue weighted by molar-refractivity contribution is 5.56. The first-order valence-corrected chi connectivity index (χ1v) is 6.83. The van der Waals surface area contributed by atoms with Crippen molar-refractivity contribution in [1.29, 1.82) is 0 Å². The molecule has 0 spiro atoms. The summed E-state index contributed by atoms with van der Waals surface area (Å²) in [5.74, 6) is 0.900. The Bertz CT molecular complexity index is 356. The highest BCUT2D eigenvalue weighted by Crippen LogP contribution is 2.32. The van der Waals surface area contributed by atoms with E-state index in [2.05, 4.69) is 55.3 Å². The molecule has 2 rings (SSSR count). The summed E-state index contributed by atoms with van der Waals surface area (Å²) in [4.78, 5) is 2.51. The molecule has 1 aromatic rings. The summed E-state index contributed by atoms with van der Waals surface area (Å²) >= 11 is 0. The van der Waals surface area contributed by atoms with Crippen LogP contribution in [0.25, 0.3) is 0 Å². The molecule has 1 aliphatic rings. The predicted molar refractivity (Wildman–Crippen MR) is 74.5 cm³/mol. The molecule has 0 saturated carbocycles. The lowest BCUT2D eigenvalue weighted by Gasteiger charge is -2.42. The van der Waals surface area contributed by atoms with Crippen LogP contribution in [0.4, 0.5) is 5.69 Å². The number of hydrogen-bond acceptors (Lipinski definition) is 2. The average Bonchev–Trinajstić information content (AvgIpc) is 2.28. The third-order valence-corrected chi connectivity index (χ3v) is 3.79. The Labute approximate surface area is 105 Å². The number of rotatable bonds is 5. The molecule has 2 nitrogen and oxygen atoms in total. The molecule has 0 bridgehead atoms. The Hall–Kier alpha value is -1.02. The minimum absolute atomic E-state index is 0.442. The third-order valence-electron chi connectivity index (χ3n) is 3.79. The van der Waals surface area contributed by atoms with E-state index in [1.165, 1.54) is 30.8 Å². The monoisotopic (exact) mass is 232 g/mol. The van der Waals surface area contributed by atoms with Gasteiger partial charge in [0.25, 0.3) is 0 Å². The van der Waals surface area contributed by atoms with E-state index in [4.69, 9.17) is 0 Å². The normalized spacial score (nSPS) is 17.9. The second kappa shape index (κ2) is 5.54. The summed E-state index contributed by atoms with van der Waals surface area (Å²) in [6, 6.07) is 9.24. The molecule has 1 N–H and O–H groups in total. The number of para-hydroxylation sites is 1. The lowest BCUT2D eigenvalue weighted by Crippen LogP contribution is -2.47. The Kier molecular flexibility index (Phi) is 4.06. The summed E-state index contributed by atoms with van der Waals surface area (Å²) in [5, 5.41) is 3.50. The molecular weight excluding hydrogens is 208 g/mol. The quantitative estimate of drug-likeness (QED) is 0.838. The van der Waals surface area contributed by atoms with Gasteiger partial charge in [0.15, 0.2) is 0 Å². The van der Waals surface area contributed by atoms with Gasteiger partial charge in [-0.2, -0.15) is 0 Å². The first-order chi connectivity index (χ1) is 8.26. The molecule has 1 aromatic carbocycles. The molecule has 94 valence electrons. The molecular formula is C15H24N2. The third kappa shape index (κ3) is 2.63. The molecule has 0 aliphatic carbocycles. The number of nitrogens with one attached hydrogen (secondary N) is 1. The van der Waals surface area contributed by atoms with Gasteiger partial charge in [0.1, 0.15) is 0 Å². The van der Waals surface area contributed by atoms with Crippen LogP contribution >= 0.6 is 0 Å². The summed E-state index contributed by atoms with van der Waals surface area (Å²) in [6.45, 7) is 10.2. The highest BCUT2D eigenvalue weighted by atomic mass is 15.2. The lowest BCUT2D eigenvalue weighted by molar-refractivity contribution is 0.397. The minimum Gasteiger partial charge on any atom is -0.371 e. The van der Waals surface area contributed by atoms with Gasteiger partial charge in [0, 0.05) is 24.8 Å². The van der Waals surface area contributed by atoms with Crippen LogP contribution < -0.4 is 10.2 Å².